The standard InChI is InChI=1S/C58H66F2N14O10S2/c1-30(2)66-53(77)57(8,9)71-48(76)46-35(7)50(86-52(46)70(55(71)79)27-44(84-29-32(4)24-62)40-22-37(60)15-17-42(40)82-13)74-65-25-38(68-74)20-33(5)67-54(78)58(10,11)72-47(75)45-34(6)49(73-63-18-19-64-73)85-51(45)69(56(72)80)26-43(83-28-31(3)23-61)39-21-36(59)14-16-41(39)81-12/h14-19,21-22,25,30-33,43-44H,20,26-29H2,1-13H3,(H,66,77)(H,67,78)/t31-,32+,33?,43-,44-/m0/s1. The zero-order valence-electron chi connectivity index (χ0n) is 49.7. The number of rotatable bonds is 24. The van der Waals surface area contributed by atoms with E-state index in [1.54, 1.807) is 48.5 Å². The first kappa shape index (κ1) is 63.3. The summed E-state index contributed by atoms with van der Waals surface area (Å²) < 4.78 is 58.1. The van der Waals surface area contributed by atoms with Crippen LogP contribution in [0.3, 0.4) is 0 Å². The SMILES string of the molecule is COc1ccc(F)cc1[C@H](Cn1c(=O)n(C(C)(C)C(=O)NC(C)C)c(=O)c2c(C)c(-n3ncc(CC(C)NC(=O)C(C)(C)n4c(=O)c5c(C)c(-n6nccn6)sc5n(C[C@H](OC[C@@H](C)C#N)c5cc(F)ccc5OC)c4=O)n3)sc21)OC[C@H](C)C#N. The van der Waals surface area contributed by atoms with Crippen LogP contribution in [0, 0.1) is 60.0 Å². The van der Waals surface area contributed by atoms with E-state index in [9.17, 15) is 29.7 Å². The lowest BCUT2D eigenvalue weighted by atomic mass is 10.0. The monoisotopic (exact) mass is 1220 g/mol. The Balaban J connectivity index is 1.16. The topological polar surface area (TPSA) is 292 Å². The molecule has 28 heteroatoms. The molecule has 2 N–H and O–H groups in total. The molecule has 454 valence electrons. The first-order valence-corrected chi connectivity index (χ1v) is 29.0. The number of halogens is 2. The van der Waals surface area contributed by atoms with E-state index in [0.29, 0.717) is 26.8 Å². The molecule has 0 radical (unpaired) electrons. The van der Waals surface area contributed by atoms with Gasteiger partial charge in [0.1, 0.15) is 66.1 Å². The van der Waals surface area contributed by atoms with Crippen LogP contribution in [-0.2, 0) is 49.7 Å². The highest BCUT2D eigenvalue weighted by atomic mass is 32.1. The number of aromatic nitrogens is 10. The zero-order chi connectivity index (χ0) is 62.9. The van der Waals surface area contributed by atoms with Gasteiger partial charge in [-0.05, 0) is 113 Å². The van der Waals surface area contributed by atoms with Crippen molar-refractivity contribution in [2.45, 2.75) is 131 Å². The fraction of sp³-hybridized carbons (Fsp3) is 0.448. The summed E-state index contributed by atoms with van der Waals surface area (Å²) in [6.07, 6.45) is 2.15. The molecule has 2 aromatic carbocycles. The summed E-state index contributed by atoms with van der Waals surface area (Å²) in [5, 5.41) is 43.7. The van der Waals surface area contributed by atoms with E-state index in [-0.39, 0.29) is 81.8 Å². The lowest BCUT2D eigenvalue weighted by molar-refractivity contribution is -0.130. The number of carbonyl (C=O) groups is 2. The highest BCUT2D eigenvalue weighted by molar-refractivity contribution is 7.21. The van der Waals surface area contributed by atoms with E-state index in [4.69, 9.17) is 24.0 Å². The molecule has 6 aromatic heterocycles. The minimum atomic E-state index is -1.89. The Bertz CT molecular complexity index is 4220. The molecule has 0 aliphatic heterocycles. The summed E-state index contributed by atoms with van der Waals surface area (Å²) >= 11 is 2.05. The van der Waals surface area contributed by atoms with Gasteiger partial charge in [-0.3, -0.25) is 28.3 Å². The molecule has 1 unspecified atom stereocenters. The van der Waals surface area contributed by atoms with E-state index in [1.807, 2.05) is 0 Å². The largest absolute Gasteiger partial charge is 0.496 e. The smallest absolute Gasteiger partial charge is 0.333 e. The molecule has 5 atom stereocenters. The highest BCUT2D eigenvalue weighted by Crippen LogP contribution is 2.37. The molecule has 2 amide bonds. The third-order valence-corrected chi connectivity index (χ3v) is 17.1. The van der Waals surface area contributed by atoms with Crippen LogP contribution >= 0.6 is 22.7 Å². The van der Waals surface area contributed by atoms with E-state index < -0.39 is 87.1 Å². The number of nitrogens with one attached hydrogen (secondary N) is 2. The number of carbonyl (C=O) groups excluding carboxylic acids is 2. The molecule has 86 heavy (non-hydrogen) atoms. The molecular weight excluding hydrogens is 1150 g/mol. The zero-order valence-corrected chi connectivity index (χ0v) is 51.4. The van der Waals surface area contributed by atoms with Gasteiger partial charge in [-0.25, -0.2) is 27.5 Å². The maximum absolute atomic E-state index is 15.2. The van der Waals surface area contributed by atoms with E-state index in [2.05, 4.69) is 38.1 Å². The first-order chi connectivity index (χ1) is 40.7. The molecule has 0 aliphatic carbocycles. The van der Waals surface area contributed by atoms with Gasteiger partial charge in [-0.2, -0.15) is 30.9 Å². The van der Waals surface area contributed by atoms with Gasteiger partial charge in [0.05, 0.1) is 99.6 Å². The fourth-order valence-corrected chi connectivity index (χ4v) is 12.3. The van der Waals surface area contributed by atoms with E-state index in [0.717, 1.165) is 31.8 Å². The summed E-state index contributed by atoms with van der Waals surface area (Å²) in [5.74, 6) is -3.36. The van der Waals surface area contributed by atoms with Crippen LogP contribution in [0.25, 0.3) is 30.4 Å². The Morgan fingerprint density at radius 3 is 1.51 bits per heavy atom. The summed E-state index contributed by atoms with van der Waals surface area (Å²) in [4.78, 5) is 91.4. The van der Waals surface area contributed by atoms with Crippen LogP contribution in [0.4, 0.5) is 8.78 Å². The lowest BCUT2D eigenvalue weighted by Gasteiger charge is -2.29. The maximum atomic E-state index is 15.2. The maximum Gasteiger partial charge on any atom is 0.333 e. The summed E-state index contributed by atoms with van der Waals surface area (Å²) in [6, 6.07) is 10.8. The van der Waals surface area contributed by atoms with Crippen molar-refractivity contribution in [3.63, 3.8) is 0 Å². The number of hydrogen-bond acceptors (Lipinski definition) is 18. The van der Waals surface area contributed by atoms with E-state index >= 15 is 18.4 Å². The number of fused-ring (bicyclic) bond motifs is 2. The number of amides is 2. The minimum Gasteiger partial charge on any atom is -0.496 e. The molecule has 0 saturated heterocycles. The van der Waals surface area contributed by atoms with Crippen molar-refractivity contribution in [2.75, 3.05) is 27.4 Å². The van der Waals surface area contributed by atoms with Gasteiger partial charge in [0.15, 0.2) is 0 Å². The lowest BCUT2D eigenvalue weighted by Crippen LogP contribution is -2.57. The van der Waals surface area contributed by atoms with Gasteiger partial charge in [-0.1, -0.05) is 22.7 Å². The molecule has 0 saturated carbocycles. The second-order valence-electron chi connectivity index (χ2n) is 22.2. The van der Waals surface area contributed by atoms with Crippen LogP contribution in [-0.4, -0.2) is 99.6 Å². The molecule has 24 nitrogen and oxygen atoms in total. The van der Waals surface area contributed by atoms with Crippen molar-refractivity contribution in [1.29, 1.82) is 10.5 Å². The van der Waals surface area contributed by atoms with Crippen molar-refractivity contribution in [2.24, 2.45) is 11.8 Å². The Morgan fingerprint density at radius 2 is 1.09 bits per heavy atom. The number of methoxy groups -OCH3 is 2. The first-order valence-electron chi connectivity index (χ1n) is 27.4. The predicted molar refractivity (Wildman–Crippen MR) is 316 cm³/mol. The van der Waals surface area contributed by atoms with Crippen LogP contribution in [0.2, 0.25) is 0 Å². The van der Waals surface area contributed by atoms with Crippen molar-refractivity contribution in [3.05, 3.63) is 136 Å². The summed E-state index contributed by atoms with van der Waals surface area (Å²) in [5.41, 5.74) is -5.47. The Labute approximate surface area is 499 Å². The van der Waals surface area contributed by atoms with E-state index in [1.165, 1.54) is 116 Å². The molecule has 0 bridgehead atoms. The van der Waals surface area contributed by atoms with Crippen molar-refractivity contribution in [3.8, 4) is 33.6 Å². The van der Waals surface area contributed by atoms with Gasteiger partial charge in [0.2, 0.25) is 11.8 Å². The second kappa shape index (κ2) is 25.5. The average molecular weight is 1220 g/mol. The number of benzene rings is 2. The molecule has 0 fully saturated rings. The predicted octanol–water partition coefficient (Wildman–Crippen LogP) is 6.41. The number of nitrogens with zero attached hydrogens (tertiary/aromatic N) is 12. The summed E-state index contributed by atoms with van der Waals surface area (Å²) in [6.45, 7) is 16.6. The quantitative estimate of drug-likeness (QED) is 0.0660. The molecule has 8 rings (SSSR count). The molecule has 6 heterocycles. The average Bonchev–Trinajstić information content (AvgIpc) is 1.52. The molecular formula is C58H66F2N14O10S2. The highest BCUT2D eigenvalue weighted by Gasteiger charge is 2.39. The van der Waals surface area contributed by atoms with Gasteiger partial charge < -0.3 is 29.6 Å². The molecule has 0 aliphatic rings. The van der Waals surface area contributed by atoms with Crippen LogP contribution in [0.1, 0.15) is 102 Å². The molecule has 8 aromatic rings. The number of thiophene rings is 2. The normalized spacial score (nSPS) is 13.7. The number of aryl methyl sites for hydroxylation is 2. The van der Waals surface area contributed by atoms with Gasteiger partial charge in [0.25, 0.3) is 11.1 Å². The van der Waals surface area contributed by atoms with Gasteiger partial charge in [0, 0.05) is 40.8 Å². The number of ether oxygens (including phenoxy) is 4. The Kier molecular flexibility index (Phi) is 18.8. The third kappa shape index (κ3) is 12.4. The van der Waals surface area contributed by atoms with Crippen LogP contribution in [0.5, 0.6) is 11.5 Å². The fourth-order valence-electron chi connectivity index (χ4n) is 9.90. The summed E-state index contributed by atoms with van der Waals surface area (Å²) in [7, 11) is 2.78. The van der Waals surface area contributed by atoms with Crippen molar-refractivity contribution >= 4 is 54.9 Å². The van der Waals surface area contributed by atoms with Crippen molar-refractivity contribution in [1.82, 2.24) is 58.9 Å². The Hall–Kier alpha value is -8.70. The minimum absolute atomic E-state index is 0.0513. The third-order valence-electron chi connectivity index (χ3n) is 14.5. The second-order valence-corrected chi connectivity index (χ2v) is 24.2. The van der Waals surface area contributed by atoms with Crippen molar-refractivity contribution < 1.29 is 37.3 Å². The van der Waals surface area contributed by atoms with Crippen LogP contribution in [0.15, 0.2) is 74.2 Å². The number of nitriles is 2. The van der Waals surface area contributed by atoms with Crippen LogP contribution < -0.4 is 42.6 Å². The van der Waals surface area contributed by atoms with Gasteiger partial charge in [-0.15, -0.1) is 9.59 Å². The Morgan fingerprint density at radius 1 is 0.663 bits per heavy atom. The van der Waals surface area contributed by atoms with Gasteiger partial charge >= 0.3 is 11.4 Å². The number of hydrogen-bond donors (Lipinski definition) is 2. The molecule has 0 spiro atoms.